The second-order valence-electron chi connectivity index (χ2n) is 7.57. The topological polar surface area (TPSA) is 130 Å². The van der Waals surface area contributed by atoms with Gasteiger partial charge < -0.3 is 9.73 Å². The fourth-order valence-electron chi connectivity index (χ4n) is 3.30. The Balaban J connectivity index is 2.05. The molecule has 2 aromatic heterocycles. The highest BCUT2D eigenvalue weighted by atomic mass is 127. The monoisotopic (exact) mass is 605 g/mol. The molecule has 0 spiro atoms. The average molecular weight is 605 g/mol. The molecule has 3 rings (SSSR count). The molecule has 33 heavy (non-hydrogen) atoms. The molecule has 12 heteroatoms. The number of amides is 1. The highest BCUT2D eigenvalue weighted by Gasteiger charge is 2.26. The smallest absolute Gasteiger partial charge is 0.263 e. The van der Waals surface area contributed by atoms with Gasteiger partial charge in [0.1, 0.15) is 15.6 Å². The minimum atomic E-state index is -3.11. The van der Waals surface area contributed by atoms with Crippen molar-refractivity contribution in [1.82, 2.24) is 10.3 Å². The Bertz CT molecular complexity index is 1310. The number of sulfone groups is 1. The summed E-state index contributed by atoms with van der Waals surface area (Å²) >= 11 is -0.392. The zero-order valence-corrected chi connectivity index (χ0v) is 22.1. The molecule has 1 unspecified atom stereocenters. The molecule has 1 aromatic carbocycles. The van der Waals surface area contributed by atoms with Crippen LogP contribution in [0.5, 0.6) is 0 Å². The second-order valence-corrected chi connectivity index (χ2v) is 11.9. The number of benzene rings is 1. The van der Waals surface area contributed by atoms with Crippen LogP contribution in [0.25, 0.3) is 22.4 Å². The molecule has 0 aliphatic rings. The Labute approximate surface area is 208 Å². The van der Waals surface area contributed by atoms with Crippen molar-refractivity contribution >= 4 is 66.5 Å². The number of unbranched alkanes of at least 4 members (excludes halogenated alkanes) is 1. The minimum Gasteiger partial charge on any atom is -0.437 e. The van der Waals surface area contributed by atoms with Crippen LogP contribution in [0.3, 0.4) is 0 Å². The number of aryl methyl sites for hydroxylation is 1. The summed E-state index contributed by atoms with van der Waals surface area (Å²) in [5.74, 6) is 0.236. The van der Waals surface area contributed by atoms with Gasteiger partial charge in [0.05, 0.1) is 14.5 Å². The number of hydrogen-bond donors (Lipinski definition) is 2. The van der Waals surface area contributed by atoms with Crippen LogP contribution in [-0.4, -0.2) is 53.7 Å². The van der Waals surface area contributed by atoms with Crippen molar-refractivity contribution in [3.8, 4) is 11.3 Å². The summed E-state index contributed by atoms with van der Waals surface area (Å²) in [6.45, 7) is 2.08. The Kier molecular flexibility index (Phi) is 8.13. The lowest BCUT2D eigenvalue weighted by molar-refractivity contribution is 0.0964. The third-order valence-electron chi connectivity index (χ3n) is 4.94. The van der Waals surface area contributed by atoms with E-state index >= 15 is 0 Å². The number of pyridine rings is 1. The first-order chi connectivity index (χ1) is 15.5. The first-order valence-electron chi connectivity index (χ1n) is 10.00. The molecule has 0 aliphatic carbocycles. The molecule has 3 aromatic rings. The van der Waals surface area contributed by atoms with E-state index in [-0.39, 0.29) is 29.7 Å². The number of carbonyl (C=O) groups is 1. The van der Waals surface area contributed by atoms with Crippen LogP contribution < -0.4 is 9.62 Å². The maximum absolute atomic E-state index is 12.7. The molecule has 0 fully saturated rings. The number of carbonyl (C=O) groups excluding carboxylic acids is 1. The van der Waals surface area contributed by atoms with E-state index in [9.17, 15) is 22.0 Å². The Hall–Kier alpha value is -2.03. The molecule has 0 bridgehead atoms. The van der Waals surface area contributed by atoms with Gasteiger partial charge in [-0.25, -0.2) is 12.6 Å². The predicted molar refractivity (Wildman–Crippen MR) is 137 cm³/mol. The van der Waals surface area contributed by atoms with Gasteiger partial charge in [0, 0.05) is 31.2 Å². The first-order valence-corrected chi connectivity index (χ1v) is 14.2. The van der Waals surface area contributed by atoms with Crippen LogP contribution in [0.1, 0.15) is 28.8 Å². The van der Waals surface area contributed by atoms with Gasteiger partial charge in [-0.2, -0.15) is 4.98 Å². The van der Waals surface area contributed by atoms with E-state index in [1.165, 1.54) is 11.4 Å². The summed E-state index contributed by atoms with van der Waals surface area (Å²) in [5.41, 5.74) is 2.25. The zero-order chi connectivity index (χ0) is 24.3. The summed E-state index contributed by atoms with van der Waals surface area (Å²) < 4.78 is 52.3. The van der Waals surface area contributed by atoms with E-state index in [2.05, 4.69) is 10.3 Å². The third kappa shape index (κ3) is 6.11. The molecule has 0 saturated carbocycles. The Morgan fingerprint density at radius 2 is 1.94 bits per heavy atom. The van der Waals surface area contributed by atoms with E-state index in [0.717, 1.165) is 11.8 Å². The van der Waals surface area contributed by atoms with Crippen LogP contribution >= 0.6 is 22.6 Å². The molecule has 0 radical (unpaired) electrons. The van der Waals surface area contributed by atoms with Crippen molar-refractivity contribution in [2.24, 2.45) is 0 Å². The summed E-state index contributed by atoms with van der Waals surface area (Å²) in [4.78, 5) is 17.2. The standard InChI is InChI=1S/C21H24IN3O6S2/c1-13-6-8-14(9-7-13)18-17(20(26)23-2)15-12-16(22)19(24-21(15)31-18)25(32(27)28)10-4-5-11-33(3,29)30/h6-9,12H,4-5,10-11H2,1-3H3,(H,23,26)(H,27,28). The fourth-order valence-corrected chi connectivity index (χ4v) is 5.49. The molecule has 0 saturated heterocycles. The number of halogens is 1. The van der Waals surface area contributed by atoms with Crippen molar-refractivity contribution in [3.63, 3.8) is 0 Å². The van der Waals surface area contributed by atoms with Gasteiger partial charge in [-0.05, 0) is 48.4 Å². The van der Waals surface area contributed by atoms with Gasteiger partial charge in [0.25, 0.3) is 17.2 Å². The normalized spacial score (nSPS) is 12.6. The zero-order valence-electron chi connectivity index (χ0n) is 18.3. The predicted octanol–water partition coefficient (Wildman–Crippen LogP) is 3.54. The van der Waals surface area contributed by atoms with Gasteiger partial charge in [0.15, 0.2) is 5.82 Å². The SMILES string of the molecule is CNC(=O)c1c(-c2ccc(C)cc2)oc2nc(N(CCCCS(C)(=O)=O)S(=O)O)c(I)cc12. The molecule has 2 heterocycles. The van der Waals surface area contributed by atoms with E-state index in [0.29, 0.717) is 38.7 Å². The molecule has 0 aliphatic heterocycles. The number of rotatable bonds is 9. The van der Waals surface area contributed by atoms with Crippen molar-refractivity contribution < 1.29 is 26.4 Å². The maximum Gasteiger partial charge on any atom is 0.263 e. The number of fused-ring (bicyclic) bond motifs is 1. The lowest BCUT2D eigenvalue weighted by atomic mass is 10.0. The molecule has 178 valence electrons. The summed E-state index contributed by atoms with van der Waals surface area (Å²) in [7, 11) is -1.58. The van der Waals surface area contributed by atoms with Crippen LogP contribution in [0, 0.1) is 10.5 Å². The van der Waals surface area contributed by atoms with Gasteiger partial charge in [-0.15, -0.1) is 0 Å². The maximum atomic E-state index is 12.7. The number of hydrogen-bond acceptors (Lipinski definition) is 6. The quantitative estimate of drug-likeness (QED) is 0.217. The van der Waals surface area contributed by atoms with Crippen LogP contribution in [0.4, 0.5) is 5.82 Å². The number of nitrogens with zero attached hydrogens (tertiary/aromatic N) is 2. The third-order valence-corrected chi connectivity index (χ3v) is 7.49. The van der Waals surface area contributed by atoms with Gasteiger partial charge in [-0.1, -0.05) is 29.8 Å². The van der Waals surface area contributed by atoms with E-state index in [4.69, 9.17) is 4.42 Å². The Morgan fingerprint density at radius 3 is 2.52 bits per heavy atom. The highest BCUT2D eigenvalue weighted by Crippen LogP contribution is 2.36. The highest BCUT2D eigenvalue weighted by molar-refractivity contribution is 14.1. The van der Waals surface area contributed by atoms with Crippen LogP contribution in [0.15, 0.2) is 34.7 Å². The molecule has 2 N–H and O–H groups in total. The van der Waals surface area contributed by atoms with Crippen molar-refractivity contribution in [1.29, 1.82) is 0 Å². The molecular formula is C21H24IN3O6S2. The van der Waals surface area contributed by atoms with Crippen molar-refractivity contribution in [3.05, 3.63) is 45.0 Å². The van der Waals surface area contributed by atoms with E-state index < -0.39 is 21.1 Å². The molecule has 9 nitrogen and oxygen atoms in total. The van der Waals surface area contributed by atoms with E-state index in [1.54, 1.807) is 6.07 Å². The first kappa shape index (κ1) is 25.6. The fraction of sp³-hybridized carbons (Fsp3) is 0.333. The van der Waals surface area contributed by atoms with E-state index in [1.807, 2.05) is 53.8 Å². The molecular weight excluding hydrogens is 581 g/mol. The number of aromatic nitrogens is 1. The van der Waals surface area contributed by atoms with Crippen molar-refractivity contribution in [2.75, 3.05) is 29.9 Å². The van der Waals surface area contributed by atoms with Gasteiger partial charge >= 0.3 is 0 Å². The van der Waals surface area contributed by atoms with Crippen molar-refractivity contribution in [2.45, 2.75) is 19.8 Å². The Morgan fingerprint density at radius 1 is 1.27 bits per heavy atom. The average Bonchev–Trinajstić information content (AvgIpc) is 3.10. The lowest BCUT2D eigenvalue weighted by Gasteiger charge is -2.19. The largest absolute Gasteiger partial charge is 0.437 e. The van der Waals surface area contributed by atoms with Crippen LogP contribution in [0.2, 0.25) is 0 Å². The van der Waals surface area contributed by atoms with Crippen LogP contribution in [-0.2, 0) is 21.1 Å². The summed E-state index contributed by atoms with van der Waals surface area (Å²) in [5, 5.41) is 3.11. The van der Waals surface area contributed by atoms with Gasteiger partial charge in [0.2, 0.25) is 5.71 Å². The molecule has 1 atom stereocenters. The summed E-state index contributed by atoms with van der Waals surface area (Å²) in [6.07, 6.45) is 1.88. The minimum absolute atomic E-state index is 0.00393. The lowest BCUT2D eigenvalue weighted by Crippen LogP contribution is -2.28. The second kappa shape index (κ2) is 10.5. The van der Waals surface area contributed by atoms with Gasteiger partial charge in [-0.3, -0.25) is 13.7 Å². The number of nitrogens with one attached hydrogen (secondary N) is 1. The summed E-state index contributed by atoms with van der Waals surface area (Å²) in [6, 6.07) is 9.21. The number of anilines is 1. The molecule has 1 amide bonds. The number of furan rings is 1.